The predicted molar refractivity (Wildman–Crippen MR) is 141 cm³/mol. The third kappa shape index (κ3) is 14.7. The van der Waals surface area contributed by atoms with Crippen molar-refractivity contribution >= 4 is 54.0 Å². The van der Waals surface area contributed by atoms with E-state index in [-0.39, 0.29) is 31.1 Å². The summed E-state index contributed by atoms with van der Waals surface area (Å²) in [5, 5.41) is 17.0. The molecule has 35 heavy (non-hydrogen) atoms. The molecule has 4 atom stereocenters. The van der Waals surface area contributed by atoms with Crippen LogP contribution in [-0.2, 0) is 19.2 Å². The third-order valence-corrected chi connectivity index (χ3v) is 5.93. The van der Waals surface area contributed by atoms with E-state index in [4.69, 9.17) is 22.9 Å². The van der Waals surface area contributed by atoms with E-state index >= 15 is 0 Å². The summed E-state index contributed by atoms with van der Waals surface area (Å²) in [6.07, 6.45) is 4.10. The number of carboxylic acid groups (broad SMARTS) is 1. The minimum Gasteiger partial charge on any atom is -0.480 e. The SMILES string of the molecule is CSCCC(N)C(=O)NC(CS)C(=O)NC(CCCN=C(N)N)C(=O)NC(CCCCN)C(=O)O. The normalized spacial score (nSPS) is 14.2. The number of thiol groups is 1. The zero-order chi connectivity index (χ0) is 26.8. The first-order chi connectivity index (χ1) is 16.6. The fourth-order valence-electron chi connectivity index (χ4n) is 2.92. The fraction of sp³-hybridized carbons (Fsp3) is 0.750. The molecule has 0 saturated heterocycles. The molecular weight excluding hydrogens is 496 g/mol. The summed E-state index contributed by atoms with van der Waals surface area (Å²) in [7, 11) is 0. The molecule has 0 aromatic carbocycles. The number of carboxylic acids is 1. The molecule has 0 radical (unpaired) electrons. The molecule has 0 fully saturated rings. The van der Waals surface area contributed by atoms with Gasteiger partial charge >= 0.3 is 5.97 Å². The highest BCUT2D eigenvalue weighted by Gasteiger charge is 2.29. The second-order valence-corrected chi connectivity index (χ2v) is 9.18. The zero-order valence-electron chi connectivity index (χ0n) is 20.1. The van der Waals surface area contributed by atoms with Crippen LogP contribution >= 0.6 is 24.4 Å². The van der Waals surface area contributed by atoms with Crippen LogP contribution in [-0.4, -0.2) is 89.8 Å². The lowest BCUT2D eigenvalue weighted by Crippen LogP contribution is -2.57. The predicted octanol–water partition coefficient (Wildman–Crippen LogP) is -2.28. The standard InChI is InChI=1S/C20H40N8O5S2/c1-35-10-7-12(22)16(29)28-15(11-34)18(31)26-13(6-4-9-25-20(23)24)17(30)27-14(19(32)33)5-2-3-8-21/h12-15,34H,2-11,21-22H2,1H3,(H,26,31)(H,27,30)(H,28,29)(H,32,33)(H4,23,24,25). The van der Waals surface area contributed by atoms with Crippen molar-refractivity contribution in [2.45, 2.75) is 62.7 Å². The Kier molecular flexibility index (Phi) is 17.8. The van der Waals surface area contributed by atoms with E-state index < -0.39 is 47.9 Å². The zero-order valence-corrected chi connectivity index (χ0v) is 21.8. The number of carbonyl (C=O) groups is 4. The molecule has 3 amide bonds. The number of thioether (sulfide) groups is 1. The molecule has 0 rings (SSSR count). The Morgan fingerprint density at radius 3 is 2.03 bits per heavy atom. The van der Waals surface area contributed by atoms with Gasteiger partial charge in [0, 0.05) is 12.3 Å². The Balaban J connectivity index is 5.33. The number of aliphatic carboxylic acids is 1. The maximum Gasteiger partial charge on any atom is 0.326 e. The molecule has 0 bridgehead atoms. The van der Waals surface area contributed by atoms with Crippen LogP contribution in [0.1, 0.15) is 38.5 Å². The monoisotopic (exact) mass is 536 g/mol. The van der Waals surface area contributed by atoms with Crippen molar-refractivity contribution < 1.29 is 24.3 Å². The number of guanidine groups is 1. The first kappa shape index (κ1) is 32.8. The molecule has 0 spiro atoms. The van der Waals surface area contributed by atoms with Crippen LogP contribution in [0.25, 0.3) is 0 Å². The summed E-state index contributed by atoms with van der Waals surface area (Å²) in [6, 6.07) is -4.06. The van der Waals surface area contributed by atoms with Crippen LogP contribution in [0.2, 0.25) is 0 Å². The molecule has 0 aromatic rings. The van der Waals surface area contributed by atoms with Crippen LogP contribution in [0.15, 0.2) is 4.99 Å². The van der Waals surface area contributed by atoms with Crippen molar-refractivity contribution in [2.24, 2.45) is 27.9 Å². The maximum atomic E-state index is 12.9. The van der Waals surface area contributed by atoms with Gasteiger partial charge in [-0.25, -0.2) is 4.79 Å². The minimum absolute atomic E-state index is 0.0357. The molecule has 15 heteroatoms. The smallest absolute Gasteiger partial charge is 0.326 e. The number of amides is 3. The van der Waals surface area contributed by atoms with Gasteiger partial charge in [0.2, 0.25) is 17.7 Å². The van der Waals surface area contributed by atoms with Gasteiger partial charge in [-0.05, 0) is 57.1 Å². The summed E-state index contributed by atoms with van der Waals surface area (Å²) < 4.78 is 0. The summed E-state index contributed by atoms with van der Waals surface area (Å²) in [5.41, 5.74) is 21.9. The fourth-order valence-corrected chi connectivity index (χ4v) is 3.66. The largest absolute Gasteiger partial charge is 0.480 e. The number of nitrogens with one attached hydrogen (secondary N) is 3. The molecule has 0 aliphatic rings. The Morgan fingerprint density at radius 1 is 0.914 bits per heavy atom. The molecule has 12 N–H and O–H groups in total. The quantitative estimate of drug-likeness (QED) is 0.0370. The summed E-state index contributed by atoms with van der Waals surface area (Å²) in [5.74, 6) is -2.50. The Hall–Kier alpha value is -2.23. The molecule has 0 aliphatic carbocycles. The van der Waals surface area contributed by atoms with Gasteiger partial charge in [-0.2, -0.15) is 24.4 Å². The number of hydrogen-bond donors (Lipinski definition) is 9. The van der Waals surface area contributed by atoms with Gasteiger partial charge in [-0.1, -0.05) is 0 Å². The van der Waals surface area contributed by atoms with E-state index in [0.29, 0.717) is 38.0 Å². The van der Waals surface area contributed by atoms with E-state index in [2.05, 4.69) is 33.6 Å². The summed E-state index contributed by atoms with van der Waals surface area (Å²) in [4.78, 5) is 53.5. The molecule has 4 unspecified atom stereocenters. The van der Waals surface area contributed by atoms with Crippen molar-refractivity contribution in [1.29, 1.82) is 0 Å². The second kappa shape index (κ2) is 19.0. The van der Waals surface area contributed by atoms with Crippen molar-refractivity contribution in [2.75, 3.05) is 30.9 Å². The van der Waals surface area contributed by atoms with E-state index in [1.54, 1.807) is 11.8 Å². The van der Waals surface area contributed by atoms with Gasteiger partial charge in [-0.15, -0.1) is 0 Å². The van der Waals surface area contributed by atoms with Crippen LogP contribution < -0.4 is 38.9 Å². The second-order valence-electron chi connectivity index (χ2n) is 7.83. The minimum atomic E-state index is -1.19. The number of nitrogens with two attached hydrogens (primary N) is 4. The Labute approximate surface area is 215 Å². The number of aliphatic imine (C=N–C) groups is 1. The lowest BCUT2D eigenvalue weighted by molar-refractivity contribution is -0.142. The van der Waals surface area contributed by atoms with Crippen molar-refractivity contribution in [3.05, 3.63) is 0 Å². The van der Waals surface area contributed by atoms with Crippen LogP contribution in [0.4, 0.5) is 0 Å². The first-order valence-electron chi connectivity index (χ1n) is 11.3. The molecule has 0 aromatic heterocycles. The molecular formula is C20H40N8O5S2. The van der Waals surface area contributed by atoms with Crippen molar-refractivity contribution in [3.8, 4) is 0 Å². The Bertz CT molecular complexity index is 709. The number of nitrogens with zero attached hydrogens (tertiary/aromatic N) is 1. The van der Waals surface area contributed by atoms with Gasteiger partial charge in [-0.3, -0.25) is 19.4 Å². The average molecular weight is 537 g/mol. The van der Waals surface area contributed by atoms with Gasteiger partial charge in [0.15, 0.2) is 5.96 Å². The van der Waals surface area contributed by atoms with Crippen molar-refractivity contribution in [1.82, 2.24) is 16.0 Å². The average Bonchev–Trinajstić information content (AvgIpc) is 2.81. The summed E-state index contributed by atoms with van der Waals surface area (Å²) in [6.45, 7) is 0.611. The number of hydrogen-bond acceptors (Lipinski definition) is 9. The highest BCUT2D eigenvalue weighted by atomic mass is 32.2. The van der Waals surface area contributed by atoms with Crippen LogP contribution in [0, 0.1) is 0 Å². The number of unbranched alkanes of at least 4 members (excludes halogenated alkanes) is 1. The maximum absolute atomic E-state index is 12.9. The van der Waals surface area contributed by atoms with E-state index in [1.165, 1.54) is 0 Å². The molecule has 13 nitrogen and oxygen atoms in total. The molecule has 0 saturated carbocycles. The van der Waals surface area contributed by atoms with Crippen LogP contribution in [0.3, 0.4) is 0 Å². The highest BCUT2D eigenvalue weighted by molar-refractivity contribution is 7.98. The highest BCUT2D eigenvalue weighted by Crippen LogP contribution is 2.06. The van der Waals surface area contributed by atoms with Gasteiger partial charge in [0.25, 0.3) is 0 Å². The molecule has 0 heterocycles. The van der Waals surface area contributed by atoms with E-state index in [0.717, 1.165) is 0 Å². The van der Waals surface area contributed by atoms with E-state index in [1.807, 2.05) is 6.26 Å². The molecule has 202 valence electrons. The lowest BCUT2D eigenvalue weighted by atomic mass is 10.1. The number of carbonyl (C=O) groups excluding carboxylic acids is 3. The van der Waals surface area contributed by atoms with E-state index in [9.17, 15) is 24.3 Å². The van der Waals surface area contributed by atoms with Crippen LogP contribution in [0.5, 0.6) is 0 Å². The number of rotatable bonds is 19. The van der Waals surface area contributed by atoms with Crippen molar-refractivity contribution in [3.63, 3.8) is 0 Å². The topological polar surface area (TPSA) is 241 Å². The third-order valence-electron chi connectivity index (χ3n) is 4.93. The lowest BCUT2D eigenvalue weighted by Gasteiger charge is -2.24. The van der Waals surface area contributed by atoms with Gasteiger partial charge < -0.3 is 44.0 Å². The first-order valence-corrected chi connectivity index (χ1v) is 13.3. The van der Waals surface area contributed by atoms with Gasteiger partial charge in [0.1, 0.15) is 18.1 Å². The summed E-state index contributed by atoms with van der Waals surface area (Å²) >= 11 is 5.67. The Morgan fingerprint density at radius 2 is 1.49 bits per heavy atom. The molecule has 0 aliphatic heterocycles. The van der Waals surface area contributed by atoms with Gasteiger partial charge in [0.05, 0.1) is 6.04 Å².